The second-order valence-corrected chi connectivity index (χ2v) is 5.39. The Morgan fingerprint density at radius 2 is 1.84 bits per heavy atom. The van der Waals surface area contributed by atoms with Gasteiger partial charge in [-0.05, 0) is 19.3 Å². The Morgan fingerprint density at radius 3 is 2.32 bits per heavy atom. The highest BCUT2D eigenvalue weighted by atomic mass is 16.4. The van der Waals surface area contributed by atoms with Crippen LogP contribution in [0.15, 0.2) is 0 Å². The number of carboxylic acids is 1. The van der Waals surface area contributed by atoms with E-state index in [0.717, 1.165) is 32.1 Å². The summed E-state index contributed by atoms with van der Waals surface area (Å²) in [5, 5.41) is 11.7. The first-order chi connectivity index (χ1) is 9.06. The number of nitrogens with zero attached hydrogens (tertiary/aromatic N) is 1. The molecule has 1 aliphatic carbocycles. The van der Waals surface area contributed by atoms with Crippen molar-refractivity contribution in [2.45, 2.75) is 70.4 Å². The van der Waals surface area contributed by atoms with Gasteiger partial charge in [-0.15, -0.1) is 0 Å². The van der Waals surface area contributed by atoms with Gasteiger partial charge in [0.15, 0.2) is 0 Å². The number of carbonyl (C=O) groups is 2. The van der Waals surface area contributed by atoms with E-state index in [-0.39, 0.29) is 12.1 Å². The monoisotopic (exact) mass is 270 g/mol. The van der Waals surface area contributed by atoms with Crippen LogP contribution in [0.1, 0.15) is 58.3 Å². The number of aliphatic carboxylic acids is 1. The number of rotatable bonds is 5. The van der Waals surface area contributed by atoms with E-state index in [1.165, 1.54) is 12.8 Å². The molecular weight excluding hydrogens is 244 g/mol. The highest BCUT2D eigenvalue weighted by molar-refractivity contribution is 5.82. The normalized spacial score (nSPS) is 18.4. The summed E-state index contributed by atoms with van der Waals surface area (Å²) in [6, 6.07) is -0.781. The highest BCUT2D eigenvalue weighted by Crippen LogP contribution is 2.21. The van der Waals surface area contributed by atoms with Crippen LogP contribution in [0.2, 0.25) is 0 Å². The Hall–Kier alpha value is -1.26. The van der Waals surface area contributed by atoms with Crippen molar-refractivity contribution in [3.05, 3.63) is 0 Å². The summed E-state index contributed by atoms with van der Waals surface area (Å²) >= 11 is 0. The third-order valence-corrected chi connectivity index (χ3v) is 3.87. The van der Waals surface area contributed by atoms with Crippen molar-refractivity contribution in [3.63, 3.8) is 0 Å². The SMILES string of the molecule is CCC[C@H](NC(=O)N(C)C1CCCCCC1)C(=O)O. The molecule has 0 saturated heterocycles. The summed E-state index contributed by atoms with van der Waals surface area (Å²) in [5.74, 6) is -0.954. The predicted molar refractivity (Wildman–Crippen MR) is 74.1 cm³/mol. The van der Waals surface area contributed by atoms with Crippen LogP contribution in [0, 0.1) is 0 Å². The van der Waals surface area contributed by atoms with Crippen LogP contribution in [0.5, 0.6) is 0 Å². The molecule has 1 rings (SSSR count). The van der Waals surface area contributed by atoms with Gasteiger partial charge in [0, 0.05) is 13.1 Å². The van der Waals surface area contributed by atoms with Crippen LogP contribution in [0.3, 0.4) is 0 Å². The minimum Gasteiger partial charge on any atom is -0.480 e. The summed E-state index contributed by atoms with van der Waals surface area (Å²) in [5.41, 5.74) is 0. The Kier molecular flexibility index (Phi) is 6.67. The molecule has 0 radical (unpaired) electrons. The van der Waals surface area contributed by atoms with Gasteiger partial charge < -0.3 is 15.3 Å². The van der Waals surface area contributed by atoms with Gasteiger partial charge in [0.05, 0.1) is 0 Å². The molecule has 5 heteroatoms. The van der Waals surface area contributed by atoms with Gasteiger partial charge in [0.25, 0.3) is 0 Å². The van der Waals surface area contributed by atoms with Crippen LogP contribution in [0.25, 0.3) is 0 Å². The van der Waals surface area contributed by atoms with Crippen molar-refractivity contribution in [2.24, 2.45) is 0 Å². The Labute approximate surface area is 115 Å². The summed E-state index contributed by atoms with van der Waals surface area (Å²) in [6.45, 7) is 1.91. The highest BCUT2D eigenvalue weighted by Gasteiger charge is 2.25. The van der Waals surface area contributed by atoms with Gasteiger partial charge in [0.1, 0.15) is 6.04 Å². The molecule has 0 bridgehead atoms. The zero-order chi connectivity index (χ0) is 14.3. The van der Waals surface area contributed by atoms with Gasteiger partial charge in [-0.3, -0.25) is 0 Å². The lowest BCUT2D eigenvalue weighted by atomic mass is 10.1. The minimum atomic E-state index is -0.954. The van der Waals surface area contributed by atoms with E-state index in [1.807, 2.05) is 6.92 Å². The maximum atomic E-state index is 12.1. The lowest BCUT2D eigenvalue weighted by molar-refractivity contribution is -0.139. The average Bonchev–Trinajstić information content (AvgIpc) is 2.65. The molecule has 1 saturated carbocycles. The number of nitrogens with one attached hydrogen (secondary N) is 1. The molecule has 110 valence electrons. The van der Waals surface area contributed by atoms with Crippen LogP contribution in [-0.2, 0) is 4.79 Å². The Morgan fingerprint density at radius 1 is 1.26 bits per heavy atom. The van der Waals surface area contributed by atoms with Crippen LogP contribution < -0.4 is 5.32 Å². The van der Waals surface area contributed by atoms with Gasteiger partial charge >= 0.3 is 12.0 Å². The van der Waals surface area contributed by atoms with Crippen molar-refractivity contribution in [1.82, 2.24) is 10.2 Å². The quantitative estimate of drug-likeness (QED) is 0.754. The van der Waals surface area contributed by atoms with Crippen molar-refractivity contribution < 1.29 is 14.7 Å². The van der Waals surface area contributed by atoms with E-state index in [4.69, 9.17) is 5.11 Å². The first kappa shape index (κ1) is 15.8. The predicted octanol–water partition coefficient (Wildman–Crippen LogP) is 2.60. The first-order valence-corrected chi connectivity index (χ1v) is 7.32. The fraction of sp³-hybridized carbons (Fsp3) is 0.857. The second-order valence-electron chi connectivity index (χ2n) is 5.39. The summed E-state index contributed by atoms with van der Waals surface area (Å²) in [7, 11) is 1.77. The van der Waals surface area contributed by atoms with Crippen molar-refractivity contribution in [2.75, 3.05) is 7.05 Å². The van der Waals surface area contributed by atoms with E-state index in [0.29, 0.717) is 6.42 Å². The molecule has 0 aliphatic heterocycles. The van der Waals surface area contributed by atoms with E-state index in [9.17, 15) is 9.59 Å². The number of amides is 2. The van der Waals surface area contributed by atoms with Gasteiger partial charge in [0.2, 0.25) is 0 Å². The molecule has 1 fully saturated rings. The zero-order valence-corrected chi connectivity index (χ0v) is 12.0. The van der Waals surface area contributed by atoms with Gasteiger partial charge in [-0.2, -0.15) is 0 Å². The van der Waals surface area contributed by atoms with E-state index >= 15 is 0 Å². The van der Waals surface area contributed by atoms with E-state index in [1.54, 1.807) is 11.9 Å². The maximum absolute atomic E-state index is 12.1. The van der Waals surface area contributed by atoms with Crippen molar-refractivity contribution in [3.8, 4) is 0 Å². The number of hydrogen-bond acceptors (Lipinski definition) is 2. The van der Waals surface area contributed by atoms with Crippen molar-refractivity contribution in [1.29, 1.82) is 0 Å². The molecule has 1 aliphatic rings. The number of urea groups is 1. The van der Waals surface area contributed by atoms with Crippen molar-refractivity contribution >= 4 is 12.0 Å². The molecule has 0 spiro atoms. The molecule has 0 heterocycles. The van der Waals surface area contributed by atoms with Gasteiger partial charge in [-0.1, -0.05) is 39.0 Å². The molecule has 0 aromatic rings. The van der Waals surface area contributed by atoms with Crippen LogP contribution in [0.4, 0.5) is 4.79 Å². The topological polar surface area (TPSA) is 69.6 Å². The molecule has 0 aromatic heterocycles. The third kappa shape index (κ3) is 5.09. The summed E-state index contributed by atoms with van der Waals surface area (Å²) < 4.78 is 0. The standard InChI is InChI=1S/C14H26N2O3/c1-3-8-12(13(17)18)15-14(19)16(2)11-9-6-4-5-7-10-11/h11-12H,3-10H2,1-2H3,(H,15,19)(H,17,18)/t12-/m0/s1. The molecule has 0 unspecified atom stereocenters. The average molecular weight is 270 g/mol. The second kappa shape index (κ2) is 8.02. The lowest BCUT2D eigenvalue weighted by Crippen LogP contribution is -2.49. The number of carbonyl (C=O) groups excluding carboxylic acids is 1. The molecule has 5 nitrogen and oxygen atoms in total. The minimum absolute atomic E-state index is 0.249. The largest absolute Gasteiger partial charge is 0.480 e. The fourth-order valence-corrected chi connectivity index (χ4v) is 2.61. The number of hydrogen-bond donors (Lipinski definition) is 2. The fourth-order valence-electron chi connectivity index (χ4n) is 2.61. The Bertz CT molecular complexity index is 299. The van der Waals surface area contributed by atoms with E-state index in [2.05, 4.69) is 5.32 Å². The van der Waals surface area contributed by atoms with Crippen LogP contribution >= 0.6 is 0 Å². The van der Waals surface area contributed by atoms with Gasteiger partial charge in [-0.25, -0.2) is 9.59 Å². The molecule has 1 atom stereocenters. The molecule has 2 N–H and O–H groups in total. The lowest BCUT2D eigenvalue weighted by Gasteiger charge is -2.28. The van der Waals surface area contributed by atoms with E-state index < -0.39 is 12.0 Å². The molecule has 0 aromatic carbocycles. The molecule has 2 amide bonds. The number of carboxylic acid groups (broad SMARTS) is 1. The molecular formula is C14H26N2O3. The molecule has 19 heavy (non-hydrogen) atoms. The summed E-state index contributed by atoms with van der Waals surface area (Å²) in [4.78, 5) is 24.8. The maximum Gasteiger partial charge on any atom is 0.326 e. The smallest absolute Gasteiger partial charge is 0.326 e. The Balaban J connectivity index is 2.52. The van der Waals surface area contributed by atoms with Crippen LogP contribution in [-0.4, -0.2) is 41.1 Å². The third-order valence-electron chi connectivity index (χ3n) is 3.87. The first-order valence-electron chi connectivity index (χ1n) is 7.32. The summed E-state index contributed by atoms with van der Waals surface area (Å²) in [6.07, 6.45) is 8.03. The zero-order valence-electron chi connectivity index (χ0n) is 12.0.